The second kappa shape index (κ2) is 11.2. The number of morpholine rings is 1. The molecule has 10 heteroatoms. The number of nitrogens with zero attached hydrogens (tertiary/aromatic N) is 3. The molecule has 2 heterocycles. The first-order valence-corrected chi connectivity index (χ1v) is 13.8. The molecule has 0 amide bonds. The van der Waals surface area contributed by atoms with Gasteiger partial charge in [0.25, 0.3) is 0 Å². The lowest BCUT2D eigenvalue weighted by Gasteiger charge is -2.26. The van der Waals surface area contributed by atoms with Crippen LogP contribution in [0, 0.1) is 0 Å². The van der Waals surface area contributed by atoms with Crippen molar-refractivity contribution in [2.75, 3.05) is 39.5 Å². The molecule has 0 N–H and O–H groups in total. The number of aryl methyl sites for hydroxylation is 1. The minimum atomic E-state index is -3.58. The number of thioether (sulfide) groups is 1. The van der Waals surface area contributed by atoms with Gasteiger partial charge in [0.1, 0.15) is 0 Å². The third-order valence-corrected chi connectivity index (χ3v) is 8.77. The molecule has 1 aliphatic rings. The van der Waals surface area contributed by atoms with Gasteiger partial charge in [-0.1, -0.05) is 41.6 Å². The first-order valence-electron chi connectivity index (χ1n) is 11.0. The molecule has 0 saturated carbocycles. The Morgan fingerprint density at radius 2 is 1.97 bits per heavy atom. The number of benzene rings is 2. The van der Waals surface area contributed by atoms with Crippen LogP contribution in [0.2, 0.25) is 5.02 Å². The first-order chi connectivity index (χ1) is 16.0. The Bertz CT molecular complexity index is 1190. The molecule has 4 rings (SSSR count). The summed E-state index contributed by atoms with van der Waals surface area (Å²) in [4.78, 5) is 5.07. The molecular weight excluding hydrogens is 482 g/mol. The van der Waals surface area contributed by atoms with Crippen molar-refractivity contribution in [1.29, 1.82) is 0 Å². The minimum absolute atomic E-state index is 0.263. The van der Waals surface area contributed by atoms with Gasteiger partial charge in [-0.25, -0.2) is 13.4 Å². The van der Waals surface area contributed by atoms with Crippen LogP contribution in [-0.2, 0) is 31.8 Å². The summed E-state index contributed by atoms with van der Waals surface area (Å²) in [5.41, 5.74) is 2.61. The zero-order valence-electron chi connectivity index (χ0n) is 18.6. The third kappa shape index (κ3) is 5.72. The highest BCUT2D eigenvalue weighted by atomic mass is 35.5. The second-order valence-corrected chi connectivity index (χ2v) is 10.9. The van der Waals surface area contributed by atoms with Crippen molar-refractivity contribution < 1.29 is 17.9 Å². The predicted molar refractivity (Wildman–Crippen MR) is 131 cm³/mol. The van der Waals surface area contributed by atoms with Crippen molar-refractivity contribution in [3.05, 3.63) is 53.1 Å². The van der Waals surface area contributed by atoms with Gasteiger partial charge < -0.3 is 14.0 Å². The van der Waals surface area contributed by atoms with E-state index in [1.54, 1.807) is 23.9 Å². The van der Waals surface area contributed by atoms with Gasteiger partial charge in [-0.05, 0) is 43.2 Å². The number of hydrogen-bond acceptors (Lipinski definition) is 6. The number of halogens is 1. The van der Waals surface area contributed by atoms with E-state index in [0.717, 1.165) is 34.2 Å². The van der Waals surface area contributed by atoms with E-state index in [4.69, 9.17) is 26.1 Å². The molecule has 1 aliphatic heterocycles. The van der Waals surface area contributed by atoms with Gasteiger partial charge in [-0.2, -0.15) is 4.31 Å². The lowest BCUT2D eigenvalue weighted by atomic mass is 10.2. The van der Waals surface area contributed by atoms with E-state index in [-0.39, 0.29) is 4.90 Å². The maximum atomic E-state index is 13.1. The van der Waals surface area contributed by atoms with E-state index in [1.807, 2.05) is 37.3 Å². The van der Waals surface area contributed by atoms with Crippen LogP contribution in [-0.4, -0.2) is 61.8 Å². The number of rotatable bonds is 10. The molecule has 0 radical (unpaired) electrons. The molecule has 1 aromatic heterocycles. The van der Waals surface area contributed by atoms with Gasteiger partial charge in [0.2, 0.25) is 10.0 Å². The number of ether oxygens (including phenoxy) is 2. The number of hydrogen-bond donors (Lipinski definition) is 0. The van der Waals surface area contributed by atoms with Crippen LogP contribution >= 0.6 is 23.4 Å². The third-order valence-electron chi connectivity index (χ3n) is 5.48. The molecule has 33 heavy (non-hydrogen) atoms. The Morgan fingerprint density at radius 1 is 1.18 bits per heavy atom. The fourth-order valence-electron chi connectivity index (χ4n) is 3.74. The zero-order valence-corrected chi connectivity index (χ0v) is 21.0. The molecule has 2 aromatic carbocycles. The molecule has 178 valence electrons. The zero-order chi connectivity index (χ0) is 23.3. The molecule has 3 aromatic rings. The number of fused-ring (bicyclic) bond motifs is 1. The lowest BCUT2D eigenvalue weighted by Crippen LogP contribution is -2.40. The summed E-state index contributed by atoms with van der Waals surface area (Å²) >= 11 is 7.93. The molecule has 7 nitrogen and oxygen atoms in total. The quantitative estimate of drug-likeness (QED) is 0.297. The Hall–Kier alpha value is -1.62. The smallest absolute Gasteiger partial charge is 0.243 e. The van der Waals surface area contributed by atoms with Crippen molar-refractivity contribution in [3.8, 4) is 0 Å². The summed E-state index contributed by atoms with van der Waals surface area (Å²) in [7, 11) is -3.58. The van der Waals surface area contributed by atoms with E-state index in [9.17, 15) is 8.42 Å². The van der Waals surface area contributed by atoms with Crippen LogP contribution in [0.5, 0.6) is 0 Å². The molecule has 0 bridgehead atoms. The van der Waals surface area contributed by atoms with Gasteiger partial charge >= 0.3 is 0 Å². The van der Waals surface area contributed by atoms with Gasteiger partial charge in [-0.15, -0.1) is 0 Å². The summed E-state index contributed by atoms with van der Waals surface area (Å²) < 4.78 is 40.7. The van der Waals surface area contributed by atoms with E-state index >= 15 is 0 Å². The topological polar surface area (TPSA) is 73.7 Å². The fourth-order valence-corrected chi connectivity index (χ4v) is 6.49. The van der Waals surface area contributed by atoms with Crippen LogP contribution in [0.3, 0.4) is 0 Å². The highest BCUT2D eigenvalue weighted by molar-refractivity contribution is 7.98. The monoisotopic (exact) mass is 509 g/mol. The highest BCUT2D eigenvalue weighted by Crippen LogP contribution is 2.31. The molecular formula is C23H28ClN3O4S2. The highest BCUT2D eigenvalue weighted by Gasteiger charge is 2.27. The van der Waals surface area contributed by atoms with Crippen LogP contribution in [0.4, 0.5) is 0 Å². The number of imidazole rings is 1. The Labute approximate surface area is 204 Å². The van der Waals surface area contributed by atoms with Gasteiger partial charge in [0.15, 0.2) is 5.16 Å². The van der Waals surface area contributed by atoms with Gasteiger partial charge in [0.05, 0.1) is 29.1 Å². The molecule has 1 saturated heterocycles. The average Bonchev–Trinajstić information content (AvgIpc) is 3.18. The summed E-state index contributed by atoms with van der Waals surface area (Å²) in [6.07, 6.45) is 0.840. The fraction of sp³-hybridized carbons (Fsp3) is 0.435. The first kappa shape index (κ1) is 24.5. The van der Waals surface area contributed by atoms with Crippen molar-refractivity contribution in [2.24, 2.45) is 0 Å². The van der Waals surface area contributed by atoms with Crippen molar-refractivity contribution in [3.63, 3.8) is 0 Å². The standard InChI is InChI=1S/C23H28ClN3O4S2/c1-2-30-13-5-10-27-22-9-8-19(33(28,29)26-11-14-31-15-12-26)16-21(22)25-23(27)32-17-18-6-3-4-7-20(18)24/h3-4,6-9,16H,2,5,10-15,17H2,1H3. The lowest BCUT2D eigenvalue weighted by molar-refractivity contribution is 0.0730. The summed E-state index contributed by atoms with van der Waals surface area (Å²) in [5.74, 6) is 0.674. The SMILES string of the molecule is CCOCCCn1c(SCc2ccccc2Cl)nc2cc(S(=O)(=O)N3CCOCC3)ccc21. The molecule has 0 atom stereocenters. The molecule has 0 aliphatic carbocycles. The van der Waals surface area contributed by atoms with E-state index in [2.05, 4.69) is 4.57 Å². The maximum absolute atomic E-state index is 13.1. The number of aromatic nitrogens is 2. The van der Waals surface area contributed by atoms with E-state index in [0.29, 0.717) is 50.8 Å². The van der Waals surface area contributed by atoms with Crippen LogP contribution < -0.4 is 0 Å². The minimum Gasteiger partial charge on any atom is -0.382 e. The molecule has 0 spiro atoms. The largest absolute Gasteiger partial charge is 0.382 e. The van der Waals surface area contributed by atoms with E-state index in [1.165, 1.54) is 4.31 Å². The summed E-state index contributed by atoms with van der Waals surface area (Å²) in [6.45, 7) is 5.62. The Morgan fingerprint density at radius 3 is 2.73 bits per heavy atom. The van der Waals surface area contributed by atoms with Gasteiger partial charge in [0, 0.05) is 43.6 Å². The summed E-state index contributed by atoms with van der Waals surface area (Å²) in [5, 5.41) is 1.56. The molecule has 1 fully saturated rings. The van der Waals surface area contributed by atoms with Crippen molar-refractivity contribution >= 4 is 44.4 Å². The maximum Gasteiger partial charge on any atom is 0.243 e. The summed E-state index contributed by atoms with van der Waals surface area (Å²) in [6, 6.07) is 13.0. The van der Waals surface area contributed by atoms with Crippen LogP contribution in [0.25, 0.3) is 11.0 Å². The number of sulfonamides is 1. The second-order valence-electron chi connectivity index (χ2n) is 7.64. The van der Waals surface area contributed by atoms with Crippen LogP contribution in [0.1, 0.15) is 18.9 Å². The van der Waals surface area contributed by atoms with E-state index < -0.39 is 10.0 Å². The normalized spacial score (nSPS) is 15.3. The van der Waals surface area contributed by atoms with Crippen molar-refractivity contribution in [1.82, 2.24) is 13.9 Å². The predicted octanol–water partition coefficient (Wildman–Crippen LogP) is 4.43. The van der Waals surface area contributed by atoms with Crippen molar-refractivity contribution in [2.45, 2.75) is 35.7 Å². The van der Waals surface area contributed by atoms with Crippen LogP contribution in [0.15, 0.2) is 52.5 Å². The Balaban J connectivity index is 1.63. The Kier molecular flexibility index (Phi) is 8.32. The molecule has 0 unspecified atom stereocenters. The van der Waals surface area contributed by atoms with Gasteiger partial charge in [-0.3, -0.25) is 0 Å². The average molecular weight is 510 g/mol.